The molecule has 2 nitrogen and oxygen atoms in total. The summed E-state index contributed by atoms with van der Waals surface area (Å²) < 4.78 is 5.60. The minimum absolute atomic E-state index is 0.238. The normalized spacial score (nSPS) is 19.0. The number of aliphatic hydroxyl groups excluding tert-OH is 1. The maximum Gasteiger partial charge on any atom is 0.119 e. The Balaban J connectivity index is 1.75. The van der Waals surface area contributed by atoms with Gasteiger partial charge < -0.3 is 9.84 Å². The summed E-state index contributed by atoms with van der Waals surface area (Å²) in [6.45, 7) is 2.84. The minimum Gasteiger partial charge on any atom is -0.494 e. The summed E-state index contributed by atoms with van der Waals surface area (Å²) in [5, 5.41) is 12.9. The molecular weight excluding hydrogens is 280 g/mol. The molecule has 3 rings (SSSR count). The third-order valence-electron chi connectivity index (χ3n) is 4.17. The Hall–Kier alpha value is -1.32. The molecule has 3 heteroatoms. The van der Waals surface area contributed by atoms with Crippen molar-refractivity contribution >= 4 is 11.3 Å². The van der Waals surface area contributed by atoms with Crippen LogP contribution >= 0.6 is 11.3 Å². The molecule has 2 aromatic rings. The van der Waals surface area contributed by atoms with Crippen molar-refractivity contribution in [1.82, 2.24) is 0 Å². The Kier molecular flexibility index (Phi) is 4.61. The van der Waals surface area contributed by atoms with E-state index in [1.165, 1.54) is 23.3 Å². The fraction of sp³-hybridized carbons (Fsp3) is 0.444. The highest BCUT2D eigenvalue weighted by Gasteiger charge is 2.28. The van der Waals surface area contributed by atoms with E-state index in [1.54, 1.807) is 0 Å². The zero-order valence-electron chi connectivity index (χ0n) is 12.4. The van der Waals surface area contributed by atoms with Gasteiger partial charge in [0.2, 0.25) is 0 Å². The standard InChI is InChI=1S/C18H22O2S/c1-2-11-20-14-8-6-13(7-9-14)18(19)16-4-3-5-17-15(16)10-12-21-17/h6-10,12,16,18-19H,2-5,11H2,1H3. The van der Waals surface area contributed by atoms with Crippen molar-refractivity contribution in [2.24, 2.45) is 0 Å². The zero-order chi connectivity index (χ0) is 14.7. The molecule has 21 heavy (non-hydrogen) atoms. The lowest BCUT2D eigenvalue weighted by molar-refractivity contribution is 0.136. The van der Waals surface area contributed by atoms with Crippen molar-refractivity contribution < 1.29 is 9.84 Å². The SMILES string of the molecule is CCCOc1ccc(C(O)C2CCCc3sccc32)cc1. The van der Waals surface area contributed by atoms with E-state index < -0.39 is 6.10 Å². The molecule has 1 aliphatic carbocycles. The van der Waals surface area contributed by atoms with E-state index in [0.717, 1.165) is 30.8 Å². The van der Waals surface area contributed by atoms with Crippen molar-refractivity contribution in [2.75, 3.05) is 6.61 Å². The fourth-order valence-corrected chi connectivity index (χ4v) is 4.06. The van der Waals surface area contributed by atoms with Crippen LogP contribution in [0.25, 0.3) is 0 Å². The van der Waals surface area contributed by atoms with Gasteiger partial charge in [0.05, 0.1) is 12.7 Å². The summed E-state index contributed by atoms with van der Waals surface area (Å²) in [6, 6.07) is 10.1. The number of aryl methyl sites for hydroxylation is 1. The summed E-state index contributed by atoms with van der Waals surface area (Å²) in [7, 11) is 0. The summed E-state index contributed by atoms with van der Waals surface area (Å²) >= 11 is 1.82. The number of ether oxygens (including phenoxy) is 1. The average Bonchev–Trinajstić information content (AvgIpc) is 3.01. The number of hydrogen-bond donors (Lipinski definition) is 1. The third-order valence-corrected chi connectivity index (χ3v) is 5.17. The molecule has 0 saturated heterocycles. The summed E-state index contributed by atoms with van der Waals surface area (Å²) in [6.07, 6.45) is 4.00. The molecule has 0 radical (unpaired) electrons. The van der Waals surface area contributed by atoms with Gasteiger partial charge in [-0.05, 0) is 60.4 Å². The molecule has 112 valence electrons. The molecule has 0 saturated carbocycles. The topological polar surface area (TPSA) is 29.5 Å². The first-order chi connectivity index (χ1) is 10.3. The van der Waals surface area contributed by atoms with Crippen LogP contribution in [-0.2, 0) is 6.42 Å². The van der Waals surface area contributed by atoms with E-state index in [4.69, 9.17) is 4.74 Å². The molecule has 0 spiro atoms. The van der Waals surface area contributed by atoms with Gasteiger partial charge in [0, 0.05) is 10.8 Å². The van der Waals surface area contributed by atoms with Crippen LogP contribution in [0.3, 0.4) is 0 Å². The van der Waals surface area contributed by atoms with Gasteiger partial charge in [0.1, 0.15) is 5.75 Å². The first-order valence-electron chi connectivity index (χ1n) is 7.76. The maximum absolute atomic E-state index is 10.7. The second kappa shape index (κ2) is 6.63. The Morgan fingerprint density at radius 1 is 1.29 bits per heavy atom. The molecule has 1 aliphatic rings. The van der Waals surface area contributed by atoms with E-state index in [2.05, 4.69) is 18.4 Å². The van der Waals surface area contributed by atoms with Crippen LogP contribution in [-0.4, -0.2) is 11.7 Å². The van der Waals surface area contributed by atoms with Crippen molar-refractivity contribution in [1.29, 1.82) is 0 Å². The predicted molar refractivity (Wildman–Crippen MR) is 87.2 cm³/mol. The predicted octanol–water partition coefficient (Wildman–Crippen LogP) is 4.69. The van der Waals surface area contributed by atoms with Crippen molar-refractivity contribution in [2.45, 2.75) is 44.6 Å². The van der Waals surface area contributed by atoms with Crippen LogP contribution in [0.1, 0.15) is 54.2 Å². The second-order valence-electron chi connectivity index (χ2n) is 5.66. The summed E-state index contributed by atoms with van der Waals surface area (Å²) in [5.74, 6) is 1.12. The molecule has 1 heterocycles. The van der Waals surface area contributed by atoms with Crippen LogP contribution in [0.15, 0.2) is 35.7 Å². The number of fused-ring (bicyclic) bond motifs is 1. The largest absolute Gasteiger partial charge is 0.494 e. The smallest absolute Gasteiger partial charge is 0.119 e. The van der Waals surface area contributed by atoms with E-state index in [0.29, 0.717) is 0 Å². The van der Waals surface area contributed by atoms with Crippen molar-refractivity contribution in [3.05, 3.63) is 51.7 Å². The number of benzene rings is 1. The van der Waals surface area contributed by atoms with Gasteiger partial charge in [-0.15, -0.1) is 11.3 Å². The number of thiophene rings is 1. The van der Waals surface area contributed by atoms with Gasteiger partial charge in [0.25, 0.3) is 0 Å². The first kappa shape index (κ1) is 14.6. The van der Waals surface area contributed by atoms with Crippen molar-refractivity contribution in [3.8, 4) is 5.75 Å². The van der Waals surface area contributed by atoms with Crippen LogP contribution in [0.5, 0.6) is 5.75 Å². The van der Waals surface area contributed by atoms with E-state index in [1.807, 2.05) is 35.6 Å². The number of aliphatic hydroxyl groups is 1. The first-order valence-corrected chi connectivity index (χ1v) is 8.64. The van der Waals surface area contributed by atoms with Crippen LogP contribution < -0.4 is 4.74 Å². The quantitative estimate of drug-likeness (QED) is 0.868. The zero-order valence-corrected chi connectivity index (χ0v) is 13.2. The van der Waals surface area contributed by atoms with Gasteiger partial charge in [0.15, 0.2) is 0 Å². The molecule has 1 aromatic carbocycles. The lowest BCUT2D eigenvalue weighted by atomic mass is 9.81. The van der Waals surface area contributed by atoms with E-state index in [-0.39, 0.29) is 5.92 Å². The Morgan fingerprint density at radius 3 is 2.86 bits per heavy atom. The van der Waals surface area contributed by atoms with Crippen LogP contribution in [0.2, 0.25) is 0 Å². The molecular formula is C18H22O2S. The lowest BCUT2D eigenvalue weighted by Crippen LogP contribution is -2.15. The average molecular weight is 302 g/mol. The van der Waals surface area contributed by atoms with Gasteiger partial charge in [-0.1, -0.05) is 19.1 Å². The molecule has 0 fully saturated rings. The minimum atomic E-state index is -0.418. The Morgan fingerprint density at radius 2 is 2.10 bits per heavy atom. The molecule has 0 aliphatic heterocycles. The summed E-state index contributed by atoms with van der Waals surface area (Å²) in [5.41, 5.74) is 2.34. The molecule has 0 bridgehead atoms. The maximum atomic E-state index is 10.7. The lowest BCUT2D eigenvalue weighted by Gasteiger charge is -2.27. The van der Waals surface area contributed by atoms with Gasteiger partial charge in [-0.25, -0.2) is 0 Å². The van der Waals surface area contributed by atoms with Gasteiger partial charge >= 0.3 is 0 Å². The highest BCUT2D eigenvalue weighted by Crippen LogP contribution is 2.42. The summed E-state index contributed by atoms with van der Waals surface area (Å²) in [4.78, 5) is 1.45. The monoisotopic (exact) mass is 302 g/mol. The van der Waals surface area contributed by atoms with Crippen molar-refractivity contribution in [3.63, 3.8) is 0 Å². The van der Waals surface area contributed by atoms with Crippen LogP contribution in [0.4, 0.5) is 0 Å². The van der Waals surface area contributed by atoms with Gasteiger partial charge in [-0.3, -0.25) is 0 Å². The molecule has 0 amide bonds. The number of rotatable bonds is 5. The van der Waals surface area contributed by atoms with Gasteiger partial charge in [-0.2, -0.15) is 0 Å². The molecule has 1 N–H and O–H groups in total. The van der Waals surface area contributed by atoms with E-state index in [9.17, 15) is 5.11 Å². The highest BCUT2D eigenvalue weighted by molar-refractivity contribution is 7.10. The second-order valence-corrected chi connectivity index (χ2v) is 6.66. The highest BCUT2D eigenvalue weighted by atomic mass is 32.1. The third kappa shape index (κ3) is 3.14. The Labute approximate surface area is 130 Å². The molecule has 2 atom stereocenters. The fourth-order valence-electron chi connectivity index (χ4n) is 3.06. The number of hydrogen-bond acceptors (Lipinski definition) is 3. The Bertz CT molecular complexity index is 573. The molecule has 2 unspecified atom stereocenters. The van der Waals surface area contributed by atoms with E-state index >= 15 is 0 Å². The molecule has 1 aromatic heterocycles. The van der Waals surface area contributed by atoms with Crippen LogP contribution in [0, 0.1) is 0 Å².